The number of carbonyl (C=O) groups is 1. The summed E-state index contributed by atoms with van der Waals surface area (Å²) in [5.41, 5.74) is 3.75. The molecule has 146 valence electrons. The molecule has 3 rings (SSSR count). The molecular formula is C20H31NO5. The number of hydrogen-bond acceptors (Lipinski definition) is 6. The van der Waals surface area contributed by atoms with Crippen LogP contribution >= 0.6 is 0 Å². The van der Waals surface area contributed by atoms with Crippen molar-refractivity contribution in [2.75, 3.05) is 0 Å². The number of hydrogen-bond donors (Lipinski definition) is 2. The van der Waals surface area contributed by atoms with Gasteiger partial charge in [-0.1, -0.05) is 25.9 Å². The minimum atomic E-state index is -1.13. The van der Waals surface area contributed by atoms with Crippen LogP contribution in [0.15, 0.2) is 22.5 Å². The normalized spacial score (nSPS) is 43.3. The molecule has 1 saturated heterocycles. The summed E-state index contributed by atoms with van der Waals surface area (Å²) in [5, 5.41) is 23.4. The molecule has 3 aliphatic heterocycles. The lowest BCUT2D eigenvalue weighted by atomic mass is 9.75. The highest BCUT2D eigenvalue weighted by molar-refractivity contribution is 6.01. The number of fused-ring (bicyclic) bond motifs is 8. The maximum absolute atomic E-state index is 12.5. The summed E-state index contributed by atoms with van der Waals surface area (Å²) < 4.78 is 11.5. The largest absolute Gasteiger partial charge is 0.457 e. The van der Waals surface area contributed by atoms with Gasteiger partial charge < -0.3 is 19.8 Å². The molecule has 0 aromatic heterocycles. The molecule has 2 N–H and O–H groups in total. The number of oxime groups is 1. The van der Waals surface area contributed by atoms with E-state index in [4.69, 9.17) is 9.47 Å². The molecule has 6 heteroatoms. The highest BCUT2D eigenvalue weighted by Crippen LogP contribution is 2.40. The van der Waals surface area contributed by atoms with Gasteiger partial charge in [0.1, 0.15) is 23.5 Å². The fourth-order valence-corrected chi connectivity index (χ4v) is 3.63. The van der Waals surface area contributed by atoms with Crippen molar-refractivity contribution >= 4 is 11.7 Å². The van der Waals surface area contributed by atoms with E-state index in [2.05, 4.69) is 24.7 Å². The van der Waals surface area contributed by atoms with Gasteiger partial charge in [0.05, 0.1) is 12.0 Å². The van der Waals surface area contributed by atoms with Gasteiger partial charge in [0, 0.05) is 5.57 Å². The number of carbonyl (C=O) groups excluding carboxylic acids is 1. The molecule has 0 radical (unpaired) electrons. The summed E-state index contributed by atoms with van der Waals surface area (Å²) >= 11 is 0. The second-order valence-electron chi connectivity index (χ2n) is 7.90. The van der Waals surface area contributed by atoms with E-state index in [0.717, 1.165) is 5.57 Å². The molecule has 3 aliphatic rings. The topological polar surface area (TPSA) is 88.4 Å². The van der Waals surface area contributed by atoms with Crippen LogP contribution in [-0.2, 0) is 14.3 Å². The number of aliphatic hydroxyl groups is 1. The van der Waals surface area contributed by atoms with Crippen molar-refractivity contribution in [1.29, 1.82) is 0 Å². The van der Waals surface area contributed by atoms with Crippen molar-refractivity contribution in [3.8, 4) is 0 Å². The first-order valence-electron chi connectivity index (χ1n) is 9.36. The van der Waals surface area contributed by atoms with Crippen molar-refractivity contribution in [2.45, 2.75) is 78.3 Å². The Morgan fingerprint density at radius 2 is 2.04 bits per heavy atom. The molecule has 0 amide bonds. The van der Waals surface area contributed by atoms with Crippen LogP contribution in [0, 0.1) is 17.8 Å². The van der Waals surface area contributed by atoms with Crippen LogP contribution in [0.3, 0.4) is 0 Å². The number of esters is 1. The molecule has 1 fully saturated rings. The SMILES string of the molecule is CC[C@H]1OC(=O)[C@H](C)[C@@H](O)[C@@H]2O[C@@](C)(C[C@@H](C)[C@H](C)C=C=C1C)/C2=N\O. The van der Waals surface area contributed by atoms with Gasteiger partial charge in [-0.3, -0.25) is 4.79 Å². The second kappa shape index (κ2) is 7.95. The molecule has 2 bridgehead atoms. The molecule has 26 heavy (non-hydrogen) atoms. The lowest BCUT2D eigenvalue weighted by Gasteiger charge is -2.49. The summed E-state index contributed by atoms with van der Waals surface area (Å²) in [6, 6.07) is 0. The maximum atomic E-state index is 12.5. The average Bonchev–Trinajstić information content (AvgIpc) is 2.59. The lowest BCUT2D eigenvalue weighted by Crippen LogP contribution is -2.65. The Balaban J connectivity index is 2.41. The quantitative estimate of drug-likeness (QED) is 0.323. The van der Waals surface area contributed by atoms with Gasteiger partial charge in [-0.25, -0.2) is 0 Å². The highest BCUT2D eigenvalue weighted by atomic mass is 16.6. The van der Waals surface area contributed by atoms with Crippen LogP contribution in [0.2, 0.25) is 0 Å². The molecule has 0 saturated carbocycles. The molecule has 0 aromatic rings. The van der Waals surface area contributed by atoms with E-state index in [1.807, 2.05) is 26.8 Å². The van der Waals surface area contributed by atoms with Crippen LogP contribution in [-0.4, -0.2) is 45.9 Å². The van der Waals surface area contributed by atoms with Crippen LogP contribution in [0.5, 0.6) is 0 Å². The third-order valence-corrected chi connectivity index (χ3v) is 5.80. The smallest absolute Gasteiger partial charge is 0.312 e. The summed E-state index contributed by atoms with van der Waals surface area (Å²) in [4.78, 5) is 12.5. The Hall–Kier alpha value is -1.62. The molecule has 6 nitrogen and oxygen atoms in total. The first-order chi connectivity index (χ1) is 12.1. The molecule has 0 unspecified atom stereocenters. The van der Waals surface area contributed by atoms with Crippen LogP contribution in [0.1, 0.15) is 54.4 Å². The Labute approximate surface area is 155 Å². The Bertz CT molecular complexity index is 636. The van der Waals surface area contributed by atoms with E-state index in [9.17, 15) is 15.1 Å². The number of nitrogens with zero attached hydrogens (tertiary/aromatic N) is 1. The monoisotopic (exact) mass is 365 g/mol. The average molecular weight is 365 g/mol. The summed E-state index contributed by atoms with van der Waals surface area (Å²) in [6.45, 7) is 11.5. The standard InChI is InChI=1S/C20H31NO5/c1-7-15-12(3)9-8-11(2)13(4)10-20(6)18(21-24)17(26-20)16(22)14(5)19(23)25-15/h8,11,13-17,22,24H,7,10H2,1-6H3/b21-18-/t9?,11-,13-,14-,15-,16-,17+,20+/m1/s1. The van der Waals surface area contributed by atoms with Gasteiger partial charge >= 0.3 is 5.97 Å². The molecule has 0 aromatic carbocycles. The minimum absolute atomic E-state index is 0.212. The fourth-order valence-electron chi connectivity index (χ4n) is 3.63. The van der Waals surface area contributed by atoms with Crippen molar-refractivity contribution in [3.63, 3.8) is 0 Å². The predicted octanol–water partition coefficient (Wildman–Crippen LogP) is 3.07. The highest BCUT2D eigenvalue weighted by Gasteiger charge is 2.55. The van der Waals surface area contributed by atoms with E-state index in [-0.39, 0.29) is 17.9 Å². The van der Waals surface area contributed by atoms with Crippen LogP contribution < -0.4 is 0 Å². The Kier molecular flexibility index (Phi) is 6.33. The van der Waals surface area contributed by atoms with Crippen molar-refractivity contribution in [3.05, 3.63) is 17.4 Å². The lowest BCUT2D eigenvalue weighted by molar-refractivity contribution is -0.170. The number of ether oxygens (including phenoxy) is 2. The van der Waals surface area contributed by atoms with E-state index in [1.54, 1.807) is 6.92 Å². The van der Waals surface area contributed by atoms with E-state index in [0.29, 0.717) is 18.6 Å². The number of rotatable bonds is 1. The first-order valence-corrected chi connectivity index (χ1v) is 9.36. The molecule has 0 aliphatic carbocycles. The van der Waals surface area contributed by atoms with E-state index >= 15 is 0 Å². The third kappa shape index (κ3) is 3.88. The van der Waals surface area contributed by atoms with Crippen molar-refractivity contribution in [2.24, 2.45) is 22.9 Å². The van der Waals surface area contributed by atoms with Gasteiger partial charge in [0.25, 0.3) is 0 Å². The van der Waals surface area contributed by atoms with Crippen LogP contribution in [0.25, 0.3) is 0 Å². The zero-order valence-corrected chi connectivity index (χ0v) is 16.5. The second-order valence-corrected chi connectivity index (χ2v) is 7.90. The molecular weight excluding hydrogens is 334 g/mol. The summed E-state index contributed by atoms with van der Waals surface area (Å²) in [6.07, 6.45) is 0.962. The van der Waals surface area contributed by atoms with Gasteiger partial charge in [0.15, 0.2) is 0 Å². The molecule has 3 heterocycles. The zero-order chi connectivity index (χ0) is 19.6. The van der Waals surface area contributed by atoms with Gasteiger partial charge in [-0.2, -0.15) is 0 Å². The minimum Gasteiger partial charge on any atom is -0.457 e. The summed E-state index contributed by atoms with van der Waals surface area (Å²) in [5.74, 6) is -0.840. The van der Waals surface area contributed by atoms with Gasteiger partial charge in [-0.15, -0.1) is 5.73 Å². The van der Waals surface area contributed by atoms with Gasteiger partial charge in [-0.05, 0) is 51.5 Å². The first kappa shape index (κ1) is 20.7. The van der Waals surface area contributed by atoms with Crippen molar-refractivity contribution in [1.82, 2.24) is 0 Å². The third-order valence-electron chi connectivity index (χ3n) is 5.80. The van der Waals surface area contributed by atoms with E-state index in [1.165, 1.54) is 0 Å². The Morgan fingerprint density at radius 1 is 1.38 bits per heavy atom. The summed E-state index contributed by atoms with van der Waals surface area (Å²) in [7, 11) is 0. The molecule has 0 spiro atoms. The molecule has 7 atom stereocenters. The Morgan fingerprint density at radius 3 is 2.62 bits per heavy atom. The predicted molar refractivity (Wildman–Crippen MR) is 98.1 cm³/mol. The fraction of sp³-hybridized carbons (Fsp3) is 0.750. The van der Waals surface area contributed by atoms with E-state index < -0.39 is 29.7 Å². The van der Waals surface area contributed by atoms with Crippen LogP contribution in [0.4, 0.5) is 0 Å². The number of aliphatic hydroxyl groups excluding tert-OH is 1. The zero-order valence-electron chi connectivity index (χ0n) is 16.5. The van der Waals surface area contributed by atoms with Crippen molar-refractivity contribution < 1.29 is 24.6 Å². The maximum Gasteiger partial charge on any atom is 0.312 e. The van der Waals surface area contributed by atoms with Gasteiger partial charge in [0.2, 0.25) is 0 Å².